The standard InChI is InChI=1S/C22H31N5O/c1-17(2)11-13-26-14-12-20-24-25-22(27(20)16-15-26)18(3)23-21(28)10-9-19-7-5-4-6-8-19/h4-8,11,18H,9-10,12-16H2,1-3H3,(H,23,28)/t18-/m1/s1. The van der Waals surface area contributed by atoms with E-state index in [0.717, 1.165) is 50.7 Å². The van der Waals surface area contributed by atoms with Gasteiger partial charge in [-0.15, -0.1) is 10.2 Å². The van der Waals surface area contributed by atoms with Crippen molar-refractivity contribution in [3.63, 3.8) is 0 Å². The van der Waals surface area contributed by atoms with E-state index in [1.165, 1.54) is 11.1 Å². The Morgan fingerprint density at radius 3 is 2.71 bits per heavy atom. The Kier molecular flexibility index (Phi) is 6.98. The maximum Gasteiger partial charge on any atom is 0.220 e. The average molecular weight is 382 g/mol. The van der Waals surface area contributed by atoms with Gasteiger partial charge in [0.15, 0.2) is 5.82 Å². The van der Waals surface area contributed by atoms with Crippen molar-refractivity contribution >= 4 is 5.91 Å². The summed E-state index contributed by atoms with van der Waals surface area (Å²) in [6.45, 7) is 10.0. The lowest BCUT2D eigenvalue weighted by Gasteiger charge is -2.18. The first-order valence-electron chi connectivity index (χ1n) is 10.1. The molecule has 0 saturated heterocycles. The molecule has 0 saturated carbocycles. The number of rotatable bonds is 7. The van der Waals surface area contributed by atoms with Crippen LogP contribution in [0, 0.1) is 0 Å². The molecule has 1 aromatic heterocycles. The third-order valence-corrected chi connectivity index (χ3v) is 5.15. The quantitative estimate of drug-likeness (QED) is 0.749. The molecular weight excluding hydrogens is 350 g/mol. The lowest BCUT2D eigenvalue weighted by Crippen LogP contribution is -2.30. The third-order valence-electron chi connectivity index (χ3n) is 5.15. The highest BCUT2D eigenvalue weighted by atomic mass is 16.1. The normalized spacial score (nSPS) is 15.4. The van der Waals surface area contributed by atoms with E-state index in [9.17, 15) is 4.79 Å². The Labute approximate surface area is 167 Å². The lowest BCUT2D eigenvalue weighted by atomic mass is 10.1. The predicted molar refractivity (Wildman–Crippen MR) is 111 cm³/mol. The molecule has 1 amide bonds. The van der Waals surface area contributed by atoms with Crippen molar-refractivity contribution in [1.82, 2.24) is 25.0 Å². The van der Waals surface area contributed by atoms with Crippen molar-refractivity contribution in [3.8, 4) is 0 Å². The number of carbonyl (C=O) groups excluding carboxylic acids is 1. The molecule has 1 N–H and O–H groups in total. The van der Waals surface area contributed by atoms with Crippen molar-refractivity contribution in [3.05, 3.63) is 59.2 Å². The van der Waals surface area contributed by atoms with E-state index in [2.05, 4.69) is 57.0 Å². The zero-order valence-electron chi connectivity index (χ0n) is 17.2. The number of hydrogen-bond acceptors (Lipinski definition) is 4. The third kappa shape index (κ3) is 5.52. The van der Waals surface area contributed by atoms with Gasteiger partial charge in [-0.2, -0.15) is 0 Å². The Balaban J connectivity index is 1.56. The van der Waals surface area contributed by atoms with Crippen LogP contribution in [-0.2, 0) is 24.2 Å². The van der Waals surface area contributed by atoms with Crippen LogP contribution in [0.15, 0.2) is 42.0 Å². The van der Waals surface area contributed by atoms with Crippen molar-refractivity contribution in [2.45, 2.75) is 52.6 Å². The number of allylic oxidation sites excluding steroid dienone is 1. The number of amides is 1. The van der Waals surface area contributed by atoms with Crippen LogP contribution >= 0.6 is 0 Å². The minimum atomic E-state index is -0.145. The Bertz CT molecular complexity index is 808. The summed E-state index contributed by atoms with van der Waals surface area (Å²) < 4.78 is 2.19. The van der Waals surface area contributed by atoms with E-state index in [1.54, 1.807) is 0 Å². The van der Waals surface area contributed by atoms with Crippen LogP contribution in [0.5, 0.6) is 0 Å². The van der Waals surface area contributed by atoms with Gasteiger partial charge < -0.3 is 9.88 Å². The number of nitrogens with one attached hydrogen (secondary N) is 1. The fourth-order valence-corrected chi connectivity index (χ4v) is 3.48. The summed E-state index contributed by atoms with van der Waals surface area (Å²) in [5, 5.41) is 11.9. The molecule has 0 fully saturated rings. The molecule has 6 heteroatoms. The van der Waals surface area contributed by atoms with Gasteiger partial charge in [0.25, 0.3) is 0 Å². The fourth-order valence-electron chi connectivity index (χ4n) is 3.48. The number of aryl methyl sites for hydroxylation is 1. The van der Waals surface area contributed by atoms with Crippen LogP contribution in [0.1, 0.15) is 50.4 Å². The molecule has 6 nitrogen and oxygen atoms in total. The van der Waals surface area contributed by atoms with Gasteiger partial charge in [0.2, 0.25) is 5.91 Å². The van der Waals surface area contributed by atoms with Gasteiger partial charge in [0.1, 0.15) is 5.82 Å². The second kappa shape index (κ2) is 9.64. The average Bonchev–Trinajstić information content (AvgIpc) is 2.99. The maximum absolute atomic E-state index is 12.4. The highest BCUT2D eigenvalue weighted by Gasteiger charge is 2.22. The summed E-state index contributed by atoms with van der Waals surface area (Å²) in [6.07, 6.45) is 4.38. The highest BCUT2D eigenvalue weighted by molar-refractivity contribution is 5.76. The summed E-state index contributed by atoms with van der Waals surface area (Å²) in [7, 11) is 0. The van der Waals surface area contributed by atoms with Gasteiger partial charge in [-0.1, -0.05) is 42.0 Å². The van der Waals surface area contributed by atoms with Crippen LogP contribution < -0.4 is 5.32 Å². The first-order valence-corrected chi connectivity index (χ1v) is 10.1. The smallest absolute Gasteiger partial charge is 0.220 e. The summed E-state index contributed by atoms with van der Waals surface area (Å²) in [4.78, 5) is 14.8. The lowest BCUT2D eigenvalue weighted by molar-refractivity contribution is -0.121. The molecule has 3 rings (SSSR count). The molecule has 2 aromatic rings. The topological polar surface area (TPSA) is 63.1 Å². The second-order valence-electron chi connectivity index (χ2n) is 7.73. The van der Waals surface area contributed by atoms with E-state index in [0.29, 0.717) is 6.42 Å². The minimum Gasteiger partial charge on any atom is -0.346 e. The molecule has 1 aliphatic heterocycles. The number of hydrogen-bond donors (Lipinski definition) is 1. The van der Waals surface area contributed by atoms with E-state index in [1.807, 2.05) is 25.1 Å². The molecule has 28 heavy (non-hydrogen) atoms. The van der Waals surface area contributed by atoms with Gasteiger partial charge in [0.05, 0.1) is 6.04 Å². The largest absolute Gasteiger partial charge is 0.346 e. The molecular formula is C22H31N5O. The number of carbonyl (C=O) groups is 1. The van der Waals surface area contributed by atoms with Crippen molar-refractivity contribution < 1.29 is 4.79 Å². The molecule has 2 heterocycles. The van der Waals surface area contributed by atoms with Crippen molar-refractivity contribution in [1.29, 1.82) is 0 Å². The molecule has 0 unspecified atom stereocenters. The second-order valence-corrected chi connectivity index (χ2v) is 7.73. The summed E-state index contributed by atoms with van der Waals surface area (Å²) in [5.41, 5.74) is 2.52. The van der Waals surface area contributed by atoms with Crippen molar-refractivity contribution in [2.75, 3.05) is 19.6 Å². The predicted octanol–water partition coefficient (Wildman–Crippen LogP) is 2.91. The van der Waals surface area contributed by atoms with Gasteiger partial charge in [0, 0.05) is 39.0 Å². The molecule has 0 aliphatic carbocycles. The van der Waals surface area contributed by atoms with Gasteiger partial charge in [-0.05, 0) is 32.8 Å². The molecule has 150 valence electrons. The fraction of sp³-hybridized carbons (Fsp3) is 0.500. The summed E-state index contributed by atoms with van der Waals surface area (Å²) in [5.74, 6) is 1.92. The monoisotopic (exact) mass is 381 g/mol. The van der Waals surface area contributed by atoms with E-state index >= 15 is 0 Å². The van der Waals surface area contributed by atoms with Crippen molar-refractivity contribution in [2.24, 2.45) is 0 Å². The molecule has 0 spiro atoms. The Morgan fingerprint density at radius 1 is 1.18 bits per heavy atom. The van der Waals surface area contributed by atoms with Crippen LogP contribution in [0.25, 0.3) is 0 Å². The van der Waals surface area contributed by atoms with Crippen LogP contribution in [0.4, 0.5) is 0 Å². The van der Waals surface area contributed by atoms with Crippen LogP contribution in [0.2, 0.25) is 0 Å². The molecule has 0 radical (unpaired) electrons. The van der Waals surface area contributed by atoms with E-state index in [-0.39, 0.29) is 11.9 Å². The number of aromatic nitrogens is 3. The first-order chi connectivity index (χ1) is 13.5. The zero-order chi connectivity index (χ0) is 19.9. The van der Waals surface area contributed by atoms with Crippen LogP contribution in [0.3, 0.4) is 0 Å². The van der Waals surface area contributed by atoms with Gasteiger partial charge in [-0.3, -0.25) is 9.69 Å². The minimum absolute atomic E-state index is 0.0486. The van der Waals surface area contributed by atoms with Gasteiger partial charge >= 0.3 is 0 Å². The van der Waals surface area contributed by atoms with Crippen LogP contribution in [-0.4, -0.2) is 45.2 Å². The maximum atomic E-state index is 12.4. The molecule has 1 aliphatic rings. The van der Waals surface area contributed by atoms with E-state index < -0.39 is 0 Å². The number of nitrogens with zero attached hydrogens (tertiary/aromatic N) is 4. The highest BCUT2D eigenvalue weighted by Crippen LogP contribution is 2.16. The first kappa shape index (κ1) is 20.3. The SMILES string of the molecule is CC(C)=CCN1CCc2nnc([C@@H](C)NC(=O)CCc3ccccc3)n2CC1. The van der Waals surface area contributed by atoms with Gasteiger partial charge in [-0.25, -0.2) is 0 Å². The summed E-state index contributed by atoms with van der Waals surface area (Å²) >= 11 is 0. The summed E-state index contributed by atoms with van der Waals surface area (Å²) in [6, 6.07) is 9.95. The Hall–Kier alpha value is -2.47. The molecule has 1 atom stereocenters. The zero-order valence-corrected chi connectivity index (χ0v) is 17.2. The number of benzene rings is 1. The molecule has 1 aromatic carbocycles. The molecule has 0 bridgehead atoms. The number of fused-ring (bicyclic) bond motifs is 1. The Morgan fingerprint density at radius 2 is 1.96 bits per heavy atom. The van der Waals surface area contributed by atoms with E-state index in [4.69, 9.17) is 0 Å².